The number of hydrogen-bond donors (Lipinski definition) is 1. The Bertz CT molecular complexity index is 1490. The summed E-state index contributed by atoms with van der Waals surface area (Å²) in [6.07, 6.45) is 0.828. The number of ether oxygens (including phenoxy) is 4. The molecule has 0 radical (unpaired) electrons. The lowest BCUT2D eigenvalue weighted by atomic mass is 9.90. The number of nitrogens with zero attached hydrogens (tertiary/aromatic N) is 5. The van der Waals surface area contributed by atoms with E-state index in [-0.39, 0.29) is 18.7 Å². The van der Waals surface area contributed by atoms with Crippen LogP contribution in [0.2, 0.25) is 0 Å². The summed E-state index contributed by atoms with van der Waals surface area (Å²) in [5, 5.41) is 15.6. The van der Waals surface area contributed by atoms with Gasteiger partial charge in [-0.05, 0) is 84.1 Å². The highest BCUT2D eigenvalue weighted by molar-refractivity contribution is 6.04. The second-order valence-corrected chi connectivity index (χ2v) is 9.03. The molecule has 0 saturated heterocycles. The number of amides is 1. The van der Waals surface area contributed by atoms with Crippen LogP contribution in [-0.4, -0.2) is 65.6 Å². The molecule has 1 aromatic heterocycles. The van der Waals surface area contributed by atoms with E-state index in [1.165, 1.54) is 0 Å². The third-order valence-corrected chi connectivity index (χ3v) is 6.86. The highest BCUT2D eigenvalue weighted by Gasteiger charge is 2.37. The minimum Gasteiger partial charge on any atom is -0.497 e. The van der Waals surface area contributed by atoms with E-state index in [1.54, 1.807) is 55.3 Å². The van der Waals surface area contributed by atoms with E-state index in [0.717, 1.165) is 35.5 Å². The predicted molar refractivity (Wildman–Crippen MR) is 137 cm³/mol. The van der Waals surface area contributed by atoms with Gasteiger partial charge in [-0.15, -0.1) is 5.10 Å². The van der Waals surface area contributed by atoms with Crippen LogP contribution in [0.25, 0.3) is 5.69 Å². The maximum absolute atomic E-state index is 12.8. The molecule has 1 amide bonds. The van der Waals surface area contributed by atoms with Gasteiger partial charge < -0.3 is 24.3 Å². The van der Waals surface area contributed by atoms with Gasteiger partial charge in [-0.25, -0.2) is 0 Å². The Kier molecular flexibility index (Phi) is 6.04. The average molecular weight is 515 g/mol. The standard InChI is InChI=1S/C27H26N6O5/c1-32-13-12-17-14-21-24(38-15-37-21)25(36-3)22(17)23(32)26-29-30-31-33(26)19-8-4-16(5-9-19)27(34)28-18-6-10-20(35-2)11-7-18/h4-11,14,23H,12-13,15H2,1-3H3,(H,28,34)/t23-/m0/s1. The summed E-state index contributed by atoms with van der Waals surface area (Å²) in [6.45, 7) is 0.961. The number of benzene rings is 3. The van der Waals surface area contributed by atoms with E-state index in [0.29, 0.717) is 34.3 Å². The van der Waals surface area contributed by atoms with Gasteiger partial charge in [-0.3, -0.25) is 9.69 Å². The third kappa shape index (κ3) is 4.06. The molecule has 11 nitrogen and oxygen atoms in total. The average Bonchev–Trinajstić information content (AvgIpc) is 3.62. The highest BCUT2D eigenvalue weighted by atomic mass is 16.7. The number of rotatable bonds is 6. The molecule has 38 heavy (non-hydrogen) atoms. The number of hydrogen-bond acceptors (Lipinski definition) is 9. The molecule has 3 heterocycles. The normalized spacial score (nSPS) is 16.1. The van der Waals surface area contributed by atoms with Crippen molar-refractivity contribution in [3.8, 4) is 28.7 Å². The first-order valence-corrected chi connectivity index (χ1v) is 12.1. The quantitative estimate of drug-likeness (QED) is 0.414. The second kappa shape index (κ2) is 9.67. The smallest absolute Gasteiger partial charge is 0.255 e. The van der Waals surface area contributed by atoms with Gasteiger partial charge in [0.05, 0.1) is 19.9 Å². The fraction of sp³-hybridized carbons (Fsp3) is 0.259. The fourth-order valence-electron chi connectivity index (χ4n) is 4.94. The molecule has 0 aliphatic carbocycles. The first kappa shape index (κ1) is 23.7. The summed E-state index contributed by atoms with van der Waals surface area (Å²) in [6, 6.07) is 16.0. The lowest BCUT2D eigenvalue weighted by molar-refractivity contribution is 0.102. The van der Waals surface area contributed by atoms with Gasteiger partial charge in [0, 0.05) is 23.4 Å². The van der Waals surface area contributed by atoms with Crippen LogP contribution in [0.15, 0.2) is 54.6 Å². The third-order valence-electron chi connectivity index (χ3n) is 6.86. The second-order valence-electron chi connectivity index (χ2n) is 9.03. The number of tetrazole rings is 1. The number of likely N-dealkylation sites (N-methyl/N-ethyl adjacent to an activating group) is 1. The van der Waals surface area contributed by atoms with Crippen molar-refractivity contribution in [3.63, 3.8) is 0 Å². The molecule has 1 N–H and O–H groups in total. The summed E-state index contributed by atoms with van der Waals surface area (Å²) >= 11 is 0. The van der Waals surface area contributed by atoms with Crippen molar-refractivity contribution < 1.29 is 23.7 Å². The molecule has 0 saturated carbocycles. The predicted octanol–water partition coefficient (Wildman–Crippen LogP) is 3.24. The summed E-state index contributed by atoms with van der Waals surface area (Å²) < 4.78 is 24.0. The van der Waals surface area contributed by atoms with Gasteiger partial charge in [0.1, 0.15) is 11.8 Å². The minimum atomic E-state index is -0.281. The summed E-state index contributed by atoms with van der Waals surface area (Å²) in [5.41, 5.74) is 3.97. The van der Waals surface area contributed by atoms with E-state index in [1.807, 2.05) is 25.2 Å². The Balaban J connectivity index is 1.31. The molecule has 0 spiro atoms. The summed E-state index contributed by atoms with van der Waals surface area (Å²) in [4.78, 5) is 15.0. The largest absolute Gasteiger partial charge is 0.497 e. The molecule has 194 valence electrons. The van der Waals surface area contributed by atoms with Crippen LogP contribution < -0.4 is 24.3 Å². The number of carbonyl (C=O) groups is 1. The molecule has 2 aliphatic rings. The van der Waals surface area contributed by atoms with E-state index in [9.17, 15) is 4.79 Å². The molecule has 11 heteroatoms. The zero-order chi connectivity index (χ0) is 26.2. The lowest BCUT2D eigenvalue weighted by Gasteiger charge is -2.34. The van der Waals surface area contributed by atoms with Gasteiger partial charge >= 0.3 is 0 Å². The van der Waals surface area contributed by atoms with Crippen molar-refractivity contribution in [3.05, 3.63) is 77.1 Å². The molecule has 1 atom stereocenters. The molecule has 2 aliphatic heterocycles. The number of aromatic nitrogens is 4. The first-order chi connectivity index (χ1) is 18.6. The maximum Gasteiger partial charge on any atom is 0.255 e. The Morgan fingerprint density at radius 1 is 1.05 bits per heavy atom. The zero-order valence-electron chi connectivity index (χ0n) is 21.2. The van der Waals surface area contributed by atoms with Crippen LogP contribution in [0, 0.1) is 0 Å². The van der Waals surface area contributed by atoms with Gasteiger partial charge in [0.2, 0.25) is 12.5 Å². The van der Waals surface area contributed by atoms with Crippen molar-refractivity contribution in [1.29, 1.82) is 0 Å². The van der Waals surface area contributed by atoms with E-state index in [4.69, 9.17) is 18.9 Å². The zero-order valence-corrected chi connectivity index (χ0v) is 21.2. The lowest BCUT2D eigenvalue weighted by Crippen LogP contribution is -2.35. The van der Waals surface area contributed by atoms with Crippen LogP contribution in [-0.2, 0) is 6.42 Å². The molecular weight excluding hydrogens is 488 g/mol. The van der Waals surface area contributed by atoms with Crippen LogP contribution in [0.5, 0.6) is 23.0 Å². The monoisotopic (exact) mass is 514 g/mol. The van der Waals surface area contributed by atoms with Crippen molar-refractivity contribution in [2.24, 2.45) is 0 Å². The van der Waals surface area contributed by atoms with E-state index in [2.05, 4.69) is 25.7 Å². The van der Waals surface area contributed by atoms with Crippen molar-refractivity contribution in [2.75, 3.05) is 39.9 Å². The Morgan fingerprint density at radius 2 is 1.84 bits per heavy atom. The van der Waals surface area contributed by atoms with E-state index >= 15 is 0 Å². The summed E-state index contributed by atoms with van der Waals surface area (Å²) in [7, 11) is 5.26. The van der Waals surface area contributed by atoms with Crippen molar-refractivity contribution >= 4 is 11.6 Å². The maximum atomic E-state index is 12.8. The molecule has 6 rings (SSSR count). The van der Waals surface area contributed by atoms with Gasteiger partial charge in [0.15, 0.2) is 17.3 Å². The highest BCUT2D eigenvalue weighted by Crippen LogP contribution is 2.50. The number of fused-ring (bicyclic) bond motifs is 2. The molecule has 3 aromatic carbocycles. The Labute approximate surface area is 218 Å². The van der Waals surface area contributed by atoms with E-state index < -0.39 is 0 Å². The van der Waals surface area contributed by atoms with Gasteiger partial charge in [-0.2, -0.15) is 4.68 Å². The van der Waals surface area contributed by atoms with Gasteiger partial charge in [-0.1, -0.05) is 0 Å². The van der Waals surface area contributed by atoms with Crippen LogP contribution in [0.1, 0.15) is 33.4 Å². The minimum absolute atomic E-state index is 0.158. The number of anilines is 1. The number of carbonyl (C=O) groups excluding carboxylic acids is 1. The van der Waals surface area contributed by atoms with Gasteiger partial charge in [0.25, 0.3) is 5.91 Å². The number of nitrogens with one attached hydrogen (secondary N) is 1. The summed E-state index contributed by atoms with van der Waals surface area (Å²) in [5.74, 6) is 3.04. The van der Waals surface area contributed by atoms with Crippen LogP contribution in [0.3, 0.4) is 0 Å². The molecular formula is C27H26N6O5. The van der Waals surface area contributed by atoms with Crippen LogP contribution >= 0.6 is 0 Å². The fourth-order valence-corrected chi connectivity index (χ4v) is 4.94. The van der Waals surface area contributed by atoms with Crippen LogP contribution in [0.4, 0.5) is 5.69 Å². The topological polar surface area (TPSA) is 113 Å². The molecule has 0 fully saturated rings. The Hall–Kier alpha value is -4.64. The Morgan fingerprint density at radius 3 is 2.58 bits per heavy atom. The first-order valence-electron chi connectivity index (χ1n) is 12.1. The SMILES string of the molecule is COc1ccc(NC(=O)c2ccc(-n3nnnc3[C@@H]3c4c(cc5c(c4OC)OCO5)CCN3C)cc2)cc1. The number of methoxy groups -OCH3 is 2. The van der Waals surface area contributed by atoms with Crippen molar-refractivity contribution in [1.82, 2.24) is 25.1 Å². The molecule has 4 aromatic rings. The molecule has 0 unspecified atom stereocenters. The van der Waals surface area contributed by atoms with Crippen molar-refractivity contribution in [2.45, 2.75) is 12.5 Å². The molecule has 0 bridgehead atoms.